The molecule has 0 N–H and O–H groups in total. The lowest BCUT2D eigenvalue weighted by atomic mass is 10.0. The molecule has 1 aromatic heterocycles. The molecule has 3 rings (SSSR count). The van der Waals surface area contributed by atoms with Gasteiger partial charge in [-0.3, -0.25) is 4.90 Å². The normalized spacial score (nSPS) is 13.2. The van der Waals surface area contributed by atoms with Crippen molar-refractivity contribution in [3.8, 4) is 0 Å². The third-order valence-electron chi connectivity index (χ3n) is 5.83. The van der Waals surface area contributed by atoms with E-state index >= 15 is 0 Å². The number of hydrogen-bond donors (Lipinski definition) is 0. The van der Waals surface area contributed by atoms with Crippen LogP contribution in [0.2, 0.25) is 0 Å². The molecular formula is C25H27F5N2. The van der Waals surface area contributed by atoms with Gasteiger partial charge in [-0.05, 0) is 60.4 Å². The van der Waals surface area contributed by atoms with E-state index in [1.54, 1.807) is 6.07 Å². The van der Waals surface area contributed by atoms with Gasteiger partial charge in [0.1, 0.15) is 0 Å². The Morgan fingerprint density at radius 2 is 1.50 bits per heavy atom. The molecule has 0 aliphatic heterocycles. The van der Waals surface area contributed by atoms with E-state index in [-0.39, 0.29) is 6.04 Å². The van der Waals surface area contributed by atoms with E-state index in [0.29, 0.717) is 31.1 Å². The van der Waals surface area contributed by atoms with Crippen LogP contribution < -0.4 is 0 Å². The third-order valence-corrected chi connectivity index (χ3v) is 5.83. The first-order chi connectivity index (χ1) is 15.0. The van der Waals surface area contributed by atoms with Crippen molar-refractivity contribution in [3.63, 3.8) is 0 Å². The standard InChI is InChI=1S/C25H27F5N2/c1-17(2)18(3)32(15-20-8-11-23(26)24(27)13-20)16-22-5-4-12-31(22)14-19-6-9-21(10-7-19)25(28,29)30/h4-13,17-18H,14-16H2,1-3H3. The van der Waals surface area contributed by atoms with Gasteiger partial charge >= 0.3 is 6.18 Å². The Bertz CT molecular complexity index is 1020. The summed E-state index contributed by atoms with van der Waals surface area (Å²) in [6.45, 7) is 7.74. The van der Waals surface area contributed by atoms with Crippen LogP contribution in [0.4, 0.5) is 22.0 Å². The van der Waals surface area contributed by atoms with Crippen LogP contribution in [0.3, 0.4) is 0 Å². The first kappa shape index (κ1) is 24.0. The molecular weight excluding hydrogens is 423 g/mol. The van der Waals surface area contributed by atoms with Gasteiger partial charge in [-0.1, -0.05) is 32.0 Å². The summed E-state index contributed by atoms with van der Waals surface area (Å²) in [6, 6.07) is 13.1. The molecule has 0 saturated heterocycles. The number of alkyl halides is 3. The maximum atomic E-state index is 13.7. The molecule has 2 nitrogen and oxygen atoms in total. The Kier molecular flexibility index (Phi) is 7.39. The van der Waals surface area contributed by atoms with E-state index in [0.717, 1.165) is 29.5 Å². The first-order valence-corrected chi connectivity index (χ1v) is 10.5. The highest BCUT2D eigenvalue weighted by molar-refractivity contribution is 5.25. The van der Waals surface area contributed by atoms with Gasteiger partial charge in [-0.2, -0.15) is 13.2 Å². The molecule has 0 saturated carbocycles. The van der Waals surface area contributed by atoms with Crippen LogP contribution in [-0.4, -0.2) is 15.5 Å². The second-order valence-corrected chi connectivity index (χ2v) is 8.46. The summed E-state index contributed by atoms with van der Waals surface area (Å²) < 4.78 is 67.5. The maximum absolute atomic E-state index is 13.7. The fraction of sp³-hybridized carbons (Fsp3) is 0.360. The van der Waals surface area contributed by atoms with E-state index in [4.69, 9.17) is 0 Å². The van der Waals surface area contributed by atoms with Crippen molar-refractivity contribution in [1.29, 1.82) is 0 Å². The first-order valence-electron chi connectivity index (χ1n) is 10.5. The molecule has 0 bridgehead atoms. The minimum absolute atomic E-state index is 0.164. The van der Waals surface area contributed by atoms with Gasteiger partial charge in [0.2, 0.25) is 0 Å². The summed E-state index contributed by atoms with van der Waals surface area (Å²) in [5.41, 5.74) is 1.76. The van der Waals surface area contributed by atoms with Gasteiger partial charge in [0.15, 0.2) is 11.6 Å². The van der Waals surface area contributed by atoms with Crippen LogP contribution in [0.25, 0.3) is 0 Å². The SMILES string of the molecule is CC(C)C(C)N(Cc1ccc(F)c(F)c1)Cc1cccn1Cc1ccc(C(F)(F)F)cc1. The molecule has 2 aromatic carbocycles. The Balaban J connectivity index is 1.78. The van der Waals surface area contributed by atoms with E-state index in [1.807, 2.05) is 22.9 Å². The predicted molar refractivity (Wildman–Crippen MR) is 115 cm³/mol. The molecule has 172 valence electrons. The highest BCUT2D eigenvalue weighted by Gasteiger charge is 2.30. The van der Waals surface area contributed by atoms with E-state index in [9.17, 15) is 22.0 Å². The number of nitrogens with zero attached hydrogens (tertiary/aromatic N) is 2. The number of aromatic nitrogens is 1. The topological polar surface area (TPSA) is 8.17 Å². The van der Waals surface area contributed by atoms with E-state index in [2.05, 4.69) is 25.7 Å². The smallest absolute Gasteiger partial charge is 0.346 e. The zero-order valence-electron chi connectivity index (χ0n) is 18.3. The monoisotopic (exact) mass is 450 g/mol. The predicted octanol–water partition coefficient (Wildman–Crippen LogP) is 6.88. The zero-order valence-corrected chi connectivity index (χ0v) is 18.3. The summed E-state index contributed by atoms with van der Waals surface area (Å²) >= 11 is 0. The van der Waals surface area contributed by atoms with Crippen LogP contribution >= 0.6 is 0 Å². The number of benzene rings is 2. The Morgan fingerprint density at radius 3 is 2.09 bits per heavy atom. The van der Waals surface area contributed by atoms with Crippen LogP contribution in [0.15, 0.2) is 60.8 Å². The quantitative estimate of drug-likeness (QED) is 0.340. The Labute approximate surface area is 185 Å². The molecule has 0 aliphatic rings. The minimum Gasteiger partial charge on any atom is -0.346 e. The second-order valence-electron chi connectivity index (χ2n) is 8.46. The van der Waals surface area contributed by atoms with Crippen molar-refractivity contribution in [2.75, 3.05) is 0 Å². The molecule has 0 fully saturated rings. The molecule has 3 aromatic rings. The van der Waals surface area contributed by atoms with Crippen molar-refractivity contribution < 1.29 is 22.0 Å². The molecule has 0 radical (unpaired) electrons. The summed E-state index contributed by atoms with van der Waals surface area (Å²) in [7, 11) is 0. The molecule has 0 spiro atoms. The molecule has 0 aliphatic carbocycles. The van der Waals surface area contributed by atoms with Gasteiger partial charge in [-0.25, -0.2) is 8.78 Å². The van der Waals surface area contributed by atoms with Crippen LogP contribution in [0.1, 0.15) is 43.2 Å². The Hall–Kier alpha value is -2.67. The van der Waals surface area contributed by atoms with E-state index < -0.39 is 23.4 Å². The van der Waals surface area contributed by atoms with Crippen LogP contribution in [0.5, 0.6) is 0 Å². The van der Waals surface area contributed by atoms with Crippen LogP contribution in [-0.2, 0) is 25.8 Å². The fourth-order valence-electron chi connectivity index (χ4n) is 3.59. The van der Waals surface area contributed by atoms with Gasteiger partial charge in [0.05, 0.1) is 5.56 Å². The molecule has 1 atom stereocenters. The summed E-state index contributed by atoms with van der Waals surface area (Å²) in [5, 5.41) is 0. The minimum atomic E-state index is -4.36. The average Bonchev–Trinajstić information content (AvgIpc) is 3.16. The van der Waals surface area contributed by atoms with Gasteiger partial charge in [0.25, 0.3) is 0 Å². The largest absolute Gasteiger partial charge is 0.416 e. The maximum Gasteiger partial charge on any atom is 0.416 e. The van der Waals surface area contributed by atoms with Crippen LogP contribution in [0, 0.1) is 17.6 Å². The van der Waals surface area contributed by atoms with Gasteiger partial charge in [-0.15, -0.1) is 0 Å². The van der Waals surface area contributed by atoms with Crippen molar-refractivity contribution in [3.05, 3.63) is 94.8 Å². The zero-order chi connectivity index (χ0) is 23.5. The number of hydrogen-bond acceptors (Lipinski definition) is 1. The Morgan fingerprint density at radius 1 is 0.844 bits per heavy atom. The number of halogens is 5. The fourth-order valence-corrected chi connectivity index (χ4v) is 3.59. The summed E-state index contributed by atoms with van der Waals surface area (Å²) in [4.78, 5) is 2.19. The summed E-state index contributed by atoms with van der Waals surface area (Å²) in [5.74, 6) is -1.41. The second kappa shape index (κ2) is 9.86. The highest BCUT2D eigenvalue weighted by Crippen LogP contribution is 2.29. The molecule has 7 heteroatoms. The molecule has 1 unspecified atom stereocenters. The summed E-state index contributed by atoms with van der Waals surface area (Å²) in [6.07, 6.45) is -2.47. The number of rotatable bonds is 8. The van der Waals surface area contributed by atoms with Crippen molar-refractivity contribution in [2.45, 2.75) is 52.6 Å². The lowest BCUT2D eigenvalue weighted by Gasteiger charge is -2.32. The van der Waals surface area contributed by atoms with E-state index in [1.165, 1.54) is 18.2 Å². The molecule has 32 heavy (non-hydrogen) atoms. The third kappa shape index (κ3) is 5.97. The highest BCUT2D eigenvalue weighted by atomic mass is 19.4. The van der Waals surface area contributed by atoms with Crippen molar-refractivity contribution in [1.82, 2.24) is 9.47 Å². The molecule has 1 heterocycles. The average molecular weight is 450 g/mol. The van der Waals surface area contributed by atoms with Gasteiger partial charge in [0, 0.05) is 37.6 Å². The molecule has 0 amide bonds. The lowest BCUT2D eigenvalue weighted by Crippen LogP contribution is -2.36. The van der Waals surface area contributed by atoms with Gasteiger partial charge < -0.3 is 4.57 Å². The van der Waals surface area contributed by atoms with Crippen molar-refractivity contribution in [2.24, 2.45) is 5.92 Å². The van der Waals surface area contributed by atoms with Crippen molar-refractivity contribution >= 4 is 0 Å². The lowest BCUT2D eigenvalue weighted by molar-refractivity contribution is -0.137.